The van der Waals surface area contributed by atoms with Crippen LogP contribution in [-0.2, 0) is 0 Å². The average Bonchev–Trinajstić information content (AvgIpc) is 2.84. The van der Waals surface area contributed by atoms with Crippen LogP contribution in [0.15, 0.2) is 23.3 Å². The molecule has 0 fully saturated rings. The van der Waals surface area contributed by atoms with Crippen LogP contribution in [0, 0.1) is 18.3 Å². The molecular weight excluding hydrogens is 218 g/mol. The Kier molecular flexibility index (Phi) is 3.16. The first-order valence-electron chi connectivity index (χ1n) is 4.89. The molecular formula is C10H9N7. The summed E-state index contributed by atoms with van der Waals surface area (Å²) in [6.45, 7) is 1.95. The predicted octanol–water partition coefficient (Wildman–Crippen LogP) is 0.913. The number of nitrogens with zero attached hydrogens (tertiary/aromatic N) is 6. The lowest BCUT2D eigenvalue weighted by Crippen LogP contribution is -1.99. The van der Waals surface area contributed by atoms with E-state index in [1.165, 1.54) is 6.21 Å². The van der Waals surface area contributed by atoms with E-state index in [1.54, 1.807) is 6.20 Å². The topological polar surface area (TPSA) is 103 Å². The van der Waals surface area contributed by atoms with Gasteiger partial charge in [-0.25, -0.2) is 9.98 Å². The molecule has 2 heterocycles. The van der Waals surface area contributed by atoms with E-state index in [4.69, 9.17) is 5.26 Å². The number of pyridine rings is 1. The first-order chi connectivity index (χ1) is 8.29. The Balaban J connectivity index is 2.17. The molecule has 0 radical (unpaired) electrons. The number of aromatic nitrogens is 5. The molecule has 2 rings (SSSR count). The summed E-state index contributed by atoms with van der Waals surface area (Å²) in [5.74, 6) is 0.216. The van der Waals surface area contributed by atoms with E-state index >= 15 is 0 Å². The van der Waals surface area contributed by atoms with Gasteiger partial charge in [0.2, 0.25) is 0 Å². The Labute approximate surface area is 97.2 Å². The minimum Gasteiger partial charge on any atom is -0.240 e. The van der Waals surface area contributed by atoms with Crippen LogP contribution >= 0.6 is 0 Å². The lowest BCUT2D eigenvalue weighted by atomic mass is 10.2. The van der Waals surface area contributed by atoms with E-state index in [9.17, 15) is 0 Å². The minimum atomic E-state index is -0.629. The van der Waals surface area contributed by atoms with Crippen LogP contribution in [-0.4, -0.2) is 31.8 Å². The van der Waals surface area contributed by atoms with Gasteiger partial charge in [0.15, 0.2) is 11.6 Å². The second kappa shape index (κ2) is 4.94. The second-order valence-corrected chi connectivity index (χ2v) is 3.35. The third-order valence-electron chi connectivity index (χ3n) is 2.04. The third-order valence-corrected chi connectivity index (χ3v) is 2.04. The Hall–Kier alpha value is -2.62. The fourth-order valence-corrected chi connectivity index (χ4v) is 1.20. The van der Waals surface area contributed by atoms with Gasteiger partial charge in [-0.05, 0) is 24.6 Å². The van der Waals surface area contributed by atoms with Gasteiger partial charge in [0, 0.05) is 12.4 Å². The van der Waals surface area contributed by atoms with Crippen LogP contribution in [0.3, 0.4) is 0 Å². The molecule has 0 saturated heterocycles. The highest BCUT2D eigenvalue weighted by Crippen LogP contribution is 2.11. The summed E-state index contributed by atoms with van der Waals surface area (Å²) in [6.07, 6.45) is 3.12. The van der Waals surface area contributed by atoms with Crippen molar-refractivity contribution in [1.82, 2.24) is 25.6 Å². The van der Waals surface area contributed by atoms with E-state index in [2.05, 4.69) is 30.6 Å². The fourth-order valence-electron chi connectivity index (χ4n) is 1.20. The highest BCUT2D eigenvalue weighted by atomic mass is 15.5. The van der Waals surface area contributed by atoms with Crippen LogP contribution in [0.1, 0.15) is 17.3 Å². The van der Waals surface area contributed by atoms with Crippen molar-refractivity contribution in [3.63, 3.8) is 0 Å². The summed E-state index contributed by atoms with van der Waals surface area (Å²) in [5, 5.41) is 22.1. The summed E-state index contributed by atoms with van der Waals surface area (Å²) in [6, 6.07) is 5.72. The molecule has 0 spiro atoms. The van der Waals surface area contributed by atoms with Crippen molar-refractivity contribution >= 4 is 12.0 Å². The lowest BCUT2D eigenvalue weighted by molar-refractivity contribution is 0.881. The van der Waals surface area contributed by atoms with Gasteiger partial charge < -0.3 is 0 Å². The molecule has 0 aliphatic carbocycles. The van der Waals surface area contributed by atoms with Crippen molar-refractivity contribution in [3.8, 4) is 6.07 Å². The average molecular weight is 227 g/mol. The summed E-state index contributed by atoms with van der Waals surface area (Å²) in [7, 11) is 0. The van der Waals surface area contributed by atoms with Crippen LogP contribution in [0.25, 0.3) is 0 Å². The molecule has 2 aromatic heterocycles. The van der Waals surface area contributed by atoms with Crippen molar-refractivity contribution in [2.75, 3.05) is 0 Å². The minimum absolute atomic E-state index is 0.295. The normalized spacial score (nSPS) is 12.5. The first-order valence-corrected chi connectivity index (χ1v) is 4.89. The number of aromatic amines is 1. The molecule has 17 heavy (non-hydrogen) atoms. The zero-order valence-corrected chi connectivity index (χ0v) is 9.07. The molecule has 0 aromatic carbocycles. The Morgan fingerprint density at radius 3 is 3.12 bits per heavy atom. The molecule has 2 aromatic rings. The van der Waals surface area contributed by atoms with Gasteiger partial charge in [-0.1, -0.05) is 5.21 Å². The van der Waals surface area contributed by atoms with Gasteiger partial charge in [0.25, 0.3) is 0 Å². The highest BCUT2D eigenvalue weighted by Gasteiger charge is 2.12. The van der Waals surface area contributed by atoms with Gasteiger partial charge in [-0.3, -0.25) is 0 Å². The summed E-state index contributed by atoms with van der Waals surface area (Å²) < 4.78 is 0. The van der Waals surface area contributed by atoms with E-state index in [1.807, 2.05) is 25.1 Å². The smallest absolute Gasteiger partial charge is 0.197 e. The summed E-state index contributed by atoms with van der Waals surface area (Å²) in [4.78, 5) is 8.17. The van der Waals surface area contributed by atoms with Crippen molar-refractivity contribution in [2.24, 2.45) is 4.99 Å². The van der Waals surface area contributed by atoms with Crippen LogP contribution in [0.4, 0.5) is 5.82 Å². The molecule has 0 amide bonds. The van der Waals surface area contributed by atoms with Gasteiger partial charge in [0.1, 0.15) is 5.92 Å². The van der Waals surface area contributed by atoms with Crippen molar-refractivity contribution in [3.05, 3.63) is 29.7 Å². The fraction of sp³-hybridized carbons (Fsp3) is 0.200. The van der Waals surface area contributed by atoms with Crippen LogP contribution < -0.4 is 0 Å². The number of tetrazole rings is 1. The number of H-pyrrole nitrogens is 1. The summed E-state index contributed by atoms with van der Waals surface area (Å²) >= 11 is 0. The number of hydrogen-bond donors (Lipinski definition) is 1. The van der Waals surface area contributed by atoms with E-state index in [0.29, 0.717) is 11.6 Å². The Morgan fingerprint density at radius 2 is 2.47 bits per heavy atom. The largest absolute Gasteiger partial charge is 0.240 e. The van der Waals surface area contributed by atoms with Gasteiger partial charge in [-0.15, -0.1) is 10.2 Å². The van der Waals surface area contributed by atoms with Crippen molar-refractivity contribution in [2.45, 2.75) is 12.8 Å². The third kappa shape index (κ3) is 2.69. The lowest BCUT2D eigenvalue weighted by Gasteiger charge is -1.96. The van der Waals surface area contributed by atoms with Crippen molar-refractivity contribution in [1.29, 1.82) is 5.26 Å². The molecule has 0 bridgehead atoms. The molecule has 0 aliphatic rings. The number of aryl methyl sites for hydroxylation is 1. The molecule has 0 aliphatic heterocycles. The van der Waals surface area contributed by atoms with Gasteiger partial charge in [0.05, 0.1) is 6.07 Å². The molecule has 1 N–H and O–H groups in total. The Morgan fingerprint density at radius 1 is 1.59 bits per heavy atom. The number of rotatable bonds is 3. The monoisotopic (exact) mass is 227 g/mol. The molecule has 0 saturated carbocycles. The molecule has 7 heteroatoms. The SMILES string of the molecule is Cc1ccnc(N=CC(C#N)c2nn[nH]n2)c1. The molecule has 1 unspecified atom stereocenters. The maximum Gasteiger partial charge on any atom is 0.197 e. The highest BCUT2D eigenvalue weighted by molar-refractivity contribution is 5.72. The quantitative estimate of drug-likeness (QED) is 0.785. The van der Waals surface area contributed by atoms with Crippen molar-refractivity contribution < 1.29 is 0 Å². The van der Waals surface area contributed by atoms with E-state index in [-0.39, 0.29) is 0 Å². The standard InChI is InChI=1S/C10H9N7/c1-7-2-3-12-9(4-7)13-6-8(5-11)10-14-16-17-15-10/h2-4,6,8H,1H3,(H,14,15,16,17). The number of nitriles is 1. The summed E-state index contributed by atoms with van der Waals surface area (Å²) in [5.41, 5.74) is 1.06. The van der Waals surface area contributed by atoms with Crippen LogP contribution in [0.2, 0.25) is 0 Å². The molecule has 84 valence electrons. The number of aliphatic imine (C=N–C) groups is 1. The maximum absolute atomic E-state index is 8.95. The predicted molar refractivity (Wildman–Crippen MR) is 59.7 cm³/mol. The van der Waals surface area contributed by atoms with Gasteiger partial charge >= 0.3 is 0 Å². The van der Waals surface area contributed by atoms with Gasteiger partial charge in [-0.2, -0.15) is 10.5 Å². The zero-order chi connectivity index (χ0) is 12.1. The van der Waals surface area contributed by atoms with Crippen LogP contribution in [0.5, 0.6) is 0 Å². The van der Waals surface area contributed by atoms with E-state index in [0.717, 1.165) is 5.56 Å². The van der Waals surface area contributed by atoms with E-state index < -0.39 is 5.92 Å². The number of nitrogens with one attached hydrogen (secondary N) is 1. The molecule has 7 nitrogen and oxygen atoms in total. The maximum atomic E-state index is 8.95. The Bertz CT molecular complexity index is 552. The zero-order valence-electron chi connectivity index (χ0n) is 9.07. The molecule has 1 atom stereocenters. The first kappa shape index (κ1) is 10.9. The number of hydrogen-bond acceptors (Lipinski definition) is 6. The second-order valence-electron chi connectivity index (χ2n) is 3.35.